The van der Waals surface area contributed by atoms with Crippen LogP contribution in [0.15, 0.2) is 54.6 Å². The zero-order valence-corrected chi connectivity index (χ0v) is 11.7. The topological polar surface area (TPSA) is 12.5 Å². The lowest BCUT2D eigenvalue weighted by molar-refractivity contribution is 0.309. The van der Waals surface area contributed by atoms with Crippen molar-refractivity contribution in [2.75, 3.05) is 18.6 Å². The van der Waals surface area contributed by atoms with Crippen molar-refractivity contribution in [3.05, 3.63) is 54.6 Å². The summed E-state index contributed by atoms with van der Waals surface area (Å²) in [5.74, 6) is 0.943. The molecule has 0 saturated heterocycles. The van der Waals surface area contributed by atoms with Crippen LogP contribution in [-0.2, 0) is 0 Å². The lowest BCUT2D eigenvalue weighted by Crippen LogP contribution is -2.08. The molecule has 0 bridgehead atoms. The van der Waals surface area contributed by atoms with Crippen molar-refractivity contribution in [3.63, 3.8) is 0 Å². The Hall–Kier alpha value is -1.96. The molecule has 0 amide bonds. The van der Waals surface area contributed by atoms with E-state index in [-0.39, 0.29) is 0 Å². The first kappa shape index (κ1) is 13.5. The minimum absolute atomic E-state index is 0.796. The highest BCUT2D eigenvalue weighted by molar-refractivity contribution is 5.62. The molecule has 2 rings (SSSR count). The summed E-state index contributed by atoms with van der Waals surface area (Å²) in [4.78, 5) is 2.16. The summed E-state index contributed by atoms with van der Waals surface area (Å²) in [6, 6.07) is 18.6. The number of unbranched alkanes of at least 4 members (excludes halogenated alkanes) is 1. The van der Waals surface area contributed by atoms with Gasteiger partial charge in [-0.2, -0.15) is 0 Å². The standard InChI is InChI=1S/C17H21NO/c1-3-4-14-19-17-12-10-16(11-13-17)18(2)15-8-6-5-7-9-15/h5-13H,3-4,14H2,1-2H3. The largest absolute Gasteiger partial charge is 0.494 e. The lowest BCUT2D eigenvalue weighted by atomic mass is 10.2. The van der Waals surface area contributed by atoms with Crippen LogP contribution in [0.25, 0.3) is 0 Å². The lowest BCUT2D eigenvalue weighted by Gasteiger charge is -2.19. The third kappa shape index (κ3) is 3.75. The van der Waals surface area contributed by atoms with E-state index >= 15 is 0 Å². The third-order valence-corrected chi connectivity index (χ3v) is 3.13. The van der Waals surface area contributed by atoms with E-state index in [4.69, 9.17) is 4.74 Å². The average Bonchev–Trinajstić information content (AvgIpc) is 2.48. The smallest absolute Gasteiger partial charge is 0.119 e. The van der Waals surface area contributed by atoms with Gasteiger partial charge in [0.1, 0.15) is 5.75 Å². The highest BCUT2D eigenvalue weighted by Gasteiger charge is 2.03. The Kier molecular flexibility index (Phi) is 4.85. The van der Waals surface area contributed by atoms with Crippen molar-refractivity contribution in [1.29, 1.82) is 0 Å². The van der Waals surface area contributed by atoms with Gasteiger partial charge in [0.15, 0.2) is 0 Å². The predicted octanol–water partition coefficient (Wildman–Crippen LogP) is 4.63. The van der Waals surface area contributed by atoms with Crippen LogP contribution in [-0.4, -0.2) is 13.7 Å². The van der Waals surface area contributed by atoms with E-state index in [1.165, 1.54) is 5.69 Å². The van der Waals surface area contributed by atoms with Gasteiger partial charge in [-0.05, 0) is 42.8 Å². The molecule has 0 aliphatic heterocycles. The fourth-order valence-electron chi connectivity index (χ4n) is 1.90. The predicted molar refractivity (Wildman–Crippen MR) is 81.4 cm³/mol. The number of hydrogen-bond acceptors (Lipinski definition) is 2. The monoisotopic (exact) mass is 255 g/mol. The summed E-state index contributed by atoms with van der Waals surface area (Å²) < 4.78 is 5.67. The maximum atomic E-state index is 5.67. The fraction of sp³-hybridized carbons (Fsp3) is 0.294. The molecule has 0 radical (unpaired) electrons. The fourth-order valence-corrected chi connectivity index (χ4v) is 1.90. The van der Waals surface area contributed by atoms with Crippen LogP contribution in [0, 0.1) is 0 Å². The second kappa shape index (κ2) is 6.83. The van der Waals surface area contributed by atoms with E-state index in [2.05, 4.69) is 43.1 Å². The second-order valence-corrected chi connectivity index (χ2v) is 4.59. The molecule has 0 aliphatic rings. The first-order chi connectivity index (χ1) is 9.31. The van der Waals surface area contributed by atoms with Gasteiger partial charge in [0, 0.05) is 18.4 Å². The van der Waals surface area contributed by atoms with Crippen LogP contribution < -0.4 is 9.64 Å². The number of anilines is 2. The summed E-state index contributed by atoms with van der Waals surface area (Å²) in [7, 11) is 2.07. The van der Waals surface area contributed by atoms with Crippen molar-refractivity contribution in [2.24, 2.45) is 0 Å². The van der Waals surface area contributed by atoms with E-state index in [1.54, 1.807) is 0 Å². The number of para-hydroxylation sites is 1. The van der Waals surface area contributed by atoms with E-state index in [0.29, 0.717) is 0 Å². The minimum Gasteiger partial charge on any atom is -0.494 e. The van der Waals surface area contributed by atoms with Gasteiger partial charge < -0.3 is 9.64 Å². The summed E-state index contributed by atoms with van der Waals surface area (Å²) in [5.41, 5.74) is 2.34. The Morgan fingerprint density at radius 2 is 1.53 bits per heavy atom. The molecule has 19 heavy (non-hydrogen) atoms. The maximum absolute atomic E-state index is 5.67. The second-order valence-electron chi connectivity index (χ2n) is 4.59. The molecule has 0 N–H and O–H groups in total. The van der Waals surface area contributed by atoms with Gasteiger partial charge in [-0.15, -0.1) is 0 Å². The number of hydrogen-bond donors (Lipinski definition) is 0. The van der Waals surface area contributed by atoms with Crippen molar-refractivity contribution in [1.82, 2.24) is 0 Å². The van der Waals surface area contributed by atoms with Crippen molar-refractivity contribution in [2.45, 2.75) is 19.8 Å². The molecule has 0 aromatic heterocycles. The van der Waals surface area contributed by atoms with Crippen LogP contribution in [0.2, 0.25) is 0 Å². The first-order valence-corrected chi connectivity index (χ1v) is 6.83. The molecule has 0 fully saturated rings. The summed E-state index contributed by atoms with van der Waals surface area (Å²) >= 11 is 0. The molecule has 0 saturated carbocycles. The van der Waals surface area contributed by atoms with Crippen LogP contribution in [0.1, 0.15) is 19.8 Å². The molecule has 0 heterocycles. The quantitative estimate of drug-likeness (QED) is 0.698. The van der Waals surface area contributed by atoms with E-state index in [0.717, 1.165) is 30.9 Å². The molecule has 0 aliphatic carbocycles. The van der Waals surface area contributed by atoms with E-state index in [9.17, 15) is 0 Å². The van der Waals surface area contributed by atoms with Crippen LogP contribution in [0.5, 0.6) is 5.75 Å². The van der Waals surface area contributed by atoms with Gasteiger partial charge in [-0.25, -0.2) is 0 Å². The molecule has 2 aromatic carbocycles. The van der Waals surface area contributed by atoms with Gasteiger partial charge in [0.2, 0.25) is 0 Å². The van der Waals surface area contributed by atoms with Crippen molar-refractivity contribution < 1.29 is 4.74 Å². The summed E-state index contributed by atoms with van der Waals surface area (Å²) in [5, 5.41) is 0. The van der Waals surface area contributed by atoms with Crippen molar-refractivity contribution in [3.8, 4) is 5.75 Å². The Labute approximate surface area is 115 Å². The maximum Gasteiger partial charge on any atom is 0.119 e. The zero-order valence-electron chi connectivity index (χ0n) is 11.7. The number of nitrogens with zero attached hydrogens (tertiary/aromatic N) is 1. The number of benzene rings is 2. The molecule has 2 heteroatoms. The molecular weight excluding hydrogens is 234 g/mol. The van der Waals surface area contributed by atoms with Gasteiger partial charge >= 0.3 is 0 Å². The van der Waals surface area contributed by atoms with Gasteiger partial charge in [-0.1, -0.05) is 31.5 Å². The van der Waals surface area contributed by atoms with E-state index in [1.807, 2.05) is 30.3 Å². The van der Waals surface area contributed by atoms with Crippen LogP contribution >= 0.6 is 0 Å². The molecule has 100 valence electrons. The summed E-state index contributed by atoms with van der Waals surface area (Å²) in [6.07, 6.45) is 2.26. The Morgan fingerprint density at radius 3 is 2.16 bits per heavy atom. The minimum atomic E-state index is 0.796. The normalized spacial score (nSPS) is 10.2. The van der Waals surface area contributed by atoms with E-state index < -0.39 is 0 Å². The Balaban J connectivity index is 2.02. The van der Waals surface area contributed by atoms with Crippen molar-refractivity contribution >= 4 is 11.4 Å². The Morgan fingerprint density at radius 1 is 0.895 bits per heavy atom. The van der Waals surface area contributed by atoms with Crippen LogP contribution in [0.3, 0.4) is 0 Å². The molecule has 0 unspecified atom stereocenters. The van der Waals surface area contributed by atoms with Crippen LogP contribution in [0.4, 0.5) is 11.4 Å². The highest BCUT2D eigenvalue weighted by Crippen LogP contribution is 2.25. The molecule has 2 aromatic rings. The number of rotatable bonds is 6. The highest BCUT2D eigenvalue weighted by atomic mass is 16.5. The number of ether oxygens (including phenoxy) is 1. The molecule has 2 nitrogen and oxygen atoms in total. The van der Waals surface area contributed by atoms with Gasteiger partial charge in [0.05, 0.1) is 6.61 Å². The SMILES string of the molecule is CCCCOc1ccc(N(C)c2ccccc2)cc1. The summed E-state index contributed by atoms with van der Waals surface area (Å²) in [6.45, 7) is 2.96. The van der Waals surface area contributed by atoms with Gasteiger partial charge in [0.25, 0.3) is 0 Å². The van der Waals surface area contributed by atoms with Gasteiger partial charge in [-0.3, -0.25) is 0 Å². The molecular formula is C17H21NO. The third-order valence-electron chi connectivity index (χ3n) is 3.13. The first-order valence-electron chi connectivity index (χ1n) is 6.83. The Bertz CT molecular complexity index is 478. The molecule has 0 atom stereocenters. The zero-order chi connectivity index (χ0) is 13.5. The average molecular weight is 255 g/mol. The molecule has 0 spiro atoms.